The normalized spacial score (nSPS) is 12.1. The van der Waals surface area contributed by atoms with E-state index < -0.39 is 6.10 Å². The van der Waals surface area contributed by atoms with Crippen LogP contribution in [0.25, 0.3) is 11.1 Å². The Balaban J connectivity index is 2.09. The highest BCUT2D eigenvalue weighted by atomic mass is 19.1. The van der Waals surface area contributed by atoms with Gasteiger partial charge in [0.05, 0.1) is 18.3 Å². The van der Waals surface area contributed by atoms with E-state index in [0.29, 0.717) is 11.1 Å². The summed E-state index contributed by atoms with van der Waals surface area (Å²) in [7, 11) is 1.48. The minimum atomic E-state index is -0.757. The number of ether oxygens (including phenoxy) is 1. The molecule has 0 saturated carbocycles. The Bertz CT molecular complexity index is 595. The molecule has 0 bridgehead atoms. The monoisotopic (exact) mass is 292 g/mol. The average molecular weight is 292 g/mol. The van der Waals surface area contributed by atoms with Gasteiger partial charge in [0.25, 0.3) is 5.91 Å². The highest BCUT2D eigenvalue weighted by molar-refractivity contribution is 6.00. The fourth-order valence-corrected chi connectivity index (χ4v) is 1.98. The summed E-state index contributed by atoms with van der Waals surface area (Å²) in [5.41, 5.74) is 1.85. The maximum absolute atomic E-state index is 12.9. The minimum Gasteiger partial charge on any atom is -0.389 e. The van der Waals surface area contributed by atoms with Gasteiger partial charge in [0.15, 0.2) is 0 Å². The molecule has 0 aliphatic heterocycles. The molecule has 112 valence electrons. The summed E-state index contributed by atoms with van der Waals surface area (Å²) in [5, 5.41) is 12.2. The Kier molecular flexibility index (Phi) is 5.08. The number of aromatic amines is 1. The second-order valence-corrected chi connectivity index (χ2v) is 4.61. The van der Waals surface area contributed by atoms with E-state index in [4.69, 9.17) is 4.74 Å². The number of carbonyl (C=O) groups is 1. The van der Waals surface area contributed by atoms with Crippen LogP contribution in [0.4, 0.5) is 4.39 Å². The van der Waals surface area contributed by atoms with Crippen LogP contribution in [-0.4, -0.2) is 42.4 Å². The molecule has 0 radical (unpaired) electrons. The number of halogens is 1. The van der Waals surface area contributed by atoms with Gasteiger partial charge in [0.2, 0.25) is 0 Å². The molecule has 1 aromatic carbocycles. The first-order chi connectivity index (χ1) is 10.1. The van der Waals surface area contributed by atoms with Gasteiger partial charge in [-0.3, -0.25) is 4.79 Å². The van der Waals surface area contributed by atoms with Gasteiger partial charge in [-0.05, 0) is 17.7 Å². The lowest BCUT2D eigenvalue weighted by Gasteiger charge is -2.11. The Hall–Kier alpha value is -2.18. The Morgan fingerprint density at radius 3 is 2.76 bits per heavy atom. The predicted octanol–water partition coefficient (Wildman–Crippen LogP) is 1.56. The number of nitrogens with one attached hydrogen (secondary N) is 2. The third kappa shape index (κ3) is 3.90. The first-order valence-electron chi connectivity index (χ1n) is 6.49. The van der Waals surface area contributed by atoms with Gasteiger partial charge < -0.3 is 20.1 Å². The summed E-state index contributed by atoms with van der Waals surface area (Å²) >= 11 is 0. The van der Waals surface area contributed by atoms with E-state index in [2.05, 4.69) is 10.3 Å². The van der Waals surface area contributed by atoms with E-state index in [-0.39, 0.29) is 24.9 Å². The number of aliphatic hydroxyl groups excluding tert-OH is 1. The number of hydrogen-bond donors (Lipinski definition) is 3. The van der Waals surface area contributed by atoms with Crippen molar-refractivity contribution in [1.29, 1.82) is 0 Å². The molecule has 1 heterocycles. The molecule has 0 spiro atoms. The zero-order valence-corrected chi connectivity index (χ0v) is 11.6. The second kappa shape index (κ2) is 7.01. The van der Waals surface area contributed by atoms with Crippen molar-refractivity contribution in [2.75, 3.05) is 20.3 Å². The van der Waals surface area contributed by atoms with Gasteiger partial charge >= 0.3 is 0 Å². The molecule has 3 N–H and O–H groups in total. The van der Waals surface area contributed by atoms with Crippen molar-refractivity contribution in [3.63, 3.8) is 0 Å². The molecular weight excluding hydrogens is 275 g/mol. The first kappa shape index (κ1) is 15.2. The lowest BCUT2D eigenvalue weighted by molar-refractivity contribution is 0.0610. The van der Waals surface area contributed by atoms with Crippen LogP contribution >= 0.6 is 0 Å². The average Bonchev–Trinajstić information content (AvgIpc) is 2.95. The third-order valence-corrected chi connectivity index (χ3v) is 3.00. The number of aromatic nitrogens is 1. The predicted molar refractivity (Wildman–Crippen MR) is 76.4 cm³/mol. The molecule has 1 aromatic heterocycles. The molecule has 1 unspecified atom stereocenters. The number of H-pyrrole nitrogens is 1. The number of methoxy groups -OCH3 is 1. The SMILES string of the molecule is COCC(O)CNC(=O)c1c[nH]cc1-c1ccc(F)cc1. The van der Waals surface area contributed by atoms with Crippen molar-refractivity contribution in [2.45, 2.75) is 6.10 Å². The molecular formula is C15H17FN2O3. The van der Waals surface area contributed by atoms with E-state index in [1.165, 1.54) is 19.2 Å². The molecule has 5 nitrogen and oxygen atoms in total. The smallest absolute Gasteiger partial charge is 0.253 e. The number of rotatable bonds is 6. The van der Waals surface area contributed by atoms with Crippen molar-refractivity contribution in [3.8, 4) is 11.1 Å². The zero-order valence-electron chi connectivity index (χ0n) is 11.6. The molecule has 0 saturated heterocycles. The van der Waals surface area contributed by atoms with Crippen LogP contribution in [0.3, 0.4) is 0 Å². The molecule has 0 aliphatic rings. The molecule has 1 amide bonds. The van der Waals surface area contributed by atoms with E-state index in [1.54, 1.807) is 24.5 Å². The lowest BCUT2D eigenvalue weighted by atomic mass is 10.0. The van der Waals surface area contributed by atoms with E-state index in [0.717, 1.165) is 5.56 Å². The van der Waals surface area contributed by atoms with Crippen molar-refractivity contribution < 1.29 is 19.0 Å². The zero-order chi connectivity index (χ0) is 15.2. The minimum absolute atomic E-state index is 0.0979. The highest BCUT2D eigenvalue weighted by Crippen LogP contribution is 2.23. The largest absolute Gasteiger partial charge is 0.389 e. The lowest BCUT2D eigenvalue weighted by Crippen LogP contribution is -2.34. The standard InChI is InChI=1S/C15H17FN2O3/c1-21-9-12(19)6-18-15(20)14-8-17-7-13(14)10-2-4-11(16)5-3-10/h2-5,7-8,12,17,19H,6,9H2,1H3,(H,18,20). The molecule has 21 heavy (non-hydrogen) atoms. The number of benzene rings is 1. The van der Waals surface area contributed by atoms with E-state index in [1.807, 2.05) is 0 Å². The van der Waals surface area contributed by atoms with E-state index in [9.17, 15) is 14.3 Å². The summed E-state index contributed by atoms with van der Waals surface area (Å²) in [4.78, 5) is 15.0. The Morgan fingerprint density at radius 1 is 1.38 bits per heavy atom. The third-order valence-electron chi connectivity index (χ3n) is 3.00. The molecule has 2 aromatic rings. The van der Waals surface area contributed by atoms with Crippen molar-refractivity contribution in [2.24, 2.45) is 0 Å². The number of amides is 1. The topological polar surface area (TPSA) is 74.3 Å². The highest BCUT2D eigenvalue weighted by Gasteiger charge is 2.15. The van der Waals surface area contributed by atoms with Gasteiger partial charge in [-0.2, -0.15) is 0 Å². The summed E-state index contributed by atoms with van der Waals surface area (Å²) in [6, 6.07) is 5.89. The van der Waals surface area contributed by atoms with Crippen molar-refractivity contribution in [3.05, 3.63) is 48.0 Å². The van der Waals surface area contributed by atoms with Crippen molar-refractivity contribution >= 4 is 5.91 Å². The van der Waals surface area contributed by atoms with Crippen LogP contribution in [0, 0.1) is 5.82 Å². The van der Waals surface area contributed by atoms with Gasteiger partial charge in [-0.1, -0.05) is 12.1 Å². The van der Waals surface area contributed by atoms with Crippen LogP contribution in [-0.2, 0) is 4.74 Å². The van der Waals surface area contributed by atoms with Crippen LogP contribution in [0.1, 0.15) is 10.4 Å². The summed E-state index contributed by atoms with van der Waals surface area (Å²) in [6.45, 7) is 0.249. The quantitative estimate of drug-likeness (QED) is 0.756. The summed E-state index contributed by atoms with van der Waals surface area (Å²) in [6.07, 6.45) is 2.48. The van der Waals surface area contributed by atoms with Crippen molar-refractivity contribution in [1.82, 2.24) is 10.3 Å². The van der Waals surface area contributed by atoms with Gasteiger partial charge in [-0.25, -0.2) is 4.39 Å². The van der Waals surface area contributed by atoms with Crippen LogP contribution < -0.4 is 5.32 Å². The fourth-order valence-electron chi connectivity index (χ4n) is 1.98. The van der Waals surface area contributed by atoms with Gasteiger partial charge in [0.1, 0.15) is 5.82 Å². The number of aliphatic hydroxyl groups is 1. The molecule has 0 fully saturated rings. The Morgan fingerprint density at radius 2 is 2.10 bits per heavy atom. The second-order valence-electron chi connectivity index (χ2n) is 4.61. The Labute approximate surface area is 121 Å². The molecule has 2 rings (SSSR count). The molecule has 1 atom stereocenters. The van der Waals surface area contributed by atoms with Crippen LogP contribution in [0.15, 0.2) is 36.7 Å². The van der Waals surface area contributed by atoms with E-state index >= 15 is 0 Å². The summed E-state index contributed by atoms with van der Waals surface area (Å²) in [5.74, 6) is -0.645. The molecule has 0 aliphatic carbocycles. The maximum atomic E-state index is 12.9. The van der Waals surface area contributed by atoms with Crippen LogP contribution in [0.5, 0.6) is 0 Å². The van der Waals surface area contributed by atoms with Gasteiger partial charge in [-0.15, -0.1) is 0 Å². The maximum Gasteiger partial charge on any atom is 0.253 e. The fraction of sp³-hybridized carbons (Fsp3) is 0.267. The van der Waals surface area contributed by atoms with Crippen LogP contribution in [0.2, 0.25) is 0 Å². The van der Waals surface area contributed by atoms with Gasteiger partial charge in [0, 0.05) is 31.6 Å². The number of carbonyl (C=O) groups excluding carboxylic acids is 1. The summed E-state index contributed by atoms with van der Waals surface area (Å²) < 4.78 is 17.7. The molecule has 6 heteroatoms. The first-order valence-corrected chi connectivity index (χ1v) is 6.49. The number of hydrogen-bond acceptors (Lipinski definition) is 3.